The van der Waals surface area contributed by atoms with Crippen LogP contribution < -0.4 is 17.2 Å². The Morgan fingerprint density at radius 1 is 1.25 bits per heavy atom. The molecule has 2 amide bonds. The molecule has 0 saturated heterocycles. The van der Waals surface area contributed by atoms with Crippen LogP contribution in [-0.4, -0.2) is 39.4 Å². The molecule has 8 nitrogen and oxygen atoms in total. The standard InChI is InChI=1S/C7H12N6O2S/c8-5(14)2-13(3-6(9)15)1-4-7(10)16-12-11-4/h1-3,10H2,(H2,8,14)(H2,9,15). The van der Waals surface area contributed by atoms with Gasteiger partial charge >= 0.3 is 0 Å². The number of hydrogen-bond acceptors (Lipinski definition) is 7. The molecular weight excluding hydrogens is 232 g/mol. The number of nitrogen functional groups attached to an aromatic ring is 1. The van der Waals surface area contributed by atoms with Gasteiger partial charge in [-0.25, -0.2) is 0 Å². The second-order valence-corrected chi connectivity index (χ2v) is 3.95. The zero-order valence-electron chi connectivity index (χ0n) is 8.42. The predicted octanol–water partition coefficient (Wildman–Crippen LogP) is -2.11. The van der Waals surface area contributed by atoms with Crippen molar-refractivity contribution in [2.45, 2.75) is 6.54 Å². The molecule has 1 heterocycles. The van der Waals surface area contributed by atoms with E-state index in [0.29, 0.717) is 10.7 Å². The highest BCUT2D eigenvalue weighted by Gasteiger charge is 2.15. The van der Waals surface area contributed by atoms with E-state index in [1.807, 2.05) is 0 Å². The Hall–Kier alpha value is -1.74. The molecule has 6 N–H and O–H groups in total. The third-order valence-corrected chi connectivity index (χ3v) is 2.31. The molecule has 0 bridgehead atoms. The van der Waals surface area contributed by atoms with Crippen LogP contribution in [0.3, 0.4) is 0 Å². The van der Waals surface area contributed by atoms with Crippen molar-refractivity contribution < 1.29 is 9.59 Å². The quantitative estimate of drug-likeness (QED) is 0.523. The van der Waals surface area contributed by atoms with Gasteiger partial charge in [0, 0.05) is 18.1 Å². The van der Waals surface area contributed by atoms with Crippen molar-refractivity contribution in [3.8, 4) is 0 Å². The molecule has 0 spiro atoms. The summed E-state index contributed by atoms with van der Waals surface area (Å²) in [6.45, 7) is 0.0496. The van der Waals surface area contributed by atoms with Crippen LogP contribution in [0.15, 0.2) is 0 Å². The molecule has 0 aliphatic rings. The minimum Gasteiger partial charge on any atom is -0.388 e. The van der Waals surface area contributed by atoms with Gasteiger partial charge in [0.1, 0.15) is 10.7 Å². The largest absolute Gasteiger partial charge is 0.388 e. The van der Waals surface area contributed by atoms with Crippen molar-refractivity contribution in [2.75, 3.05) is 18.8 Å². The van der Waals surface area contributed by atoms with Crippen molar-refractivity contribution >= 4 is 28.3 Å². The fraction of sp³-hybridized carbons (Fsp3) is 0.429. The Labute approximate surface area is 95.5 Å². The Bertz CT molecular complexity index is 376. The number of anilines is 1. The van der Waals surface area contributed by atoms with Crippen LogP contribution in [0.5, 0.6) is 0 Å². The van der Waals surface area contributed by atoms with E-state index in [4.69, 9.17) is 17.2 Å². The van der Waals surface area contributed by atoms with Gasteiger partial charge in [-0.3, -0.25) is 14.5 Å². The van der Waals surface area contributed by atoms with E-state index in [0.717, 1.165) is 11.5 Å². The van der Waals surface area contributed by atoms with Crippen LogP contribution in [0.1, 0.15) is 5.69 Å². The Morgan fingerprint density at radius 3 is 2.19 bits per heavy atom. The lowest BCUT2D eigenvalue weighted by Gasteiger charge is -2.17. The molecule has 0 radical (unpaired) electrons. The third-order valence-electron chi connectivity index (χ3n) is 1.72. The lowest BCUT2D eigenvalue weighted by Crippen LogP contribution is -2.39. The lowest BCUT2D eigenvalue weighted by molar-refractivity contribution is -0.122. The van der Waals surface area contributed by atoms with Crippen LogP contribution in [0.25, 0.3) is 0 Å². The average molecular weight is 244 g/mol. The summed E-state index contributed by atoms with van der Waals surface area (Å²) >= 11 is 1.04. The van der Waals surface area contributed by atoms with Gasteiger partial charge in [-0.2, -0.15) is 0 Å². The first-order chi connectivity index (χ1) is 7.49. The number of rotatable bonds is 6. The first kappa shape index (κ1) is 12.3. The molecule has 1 aromatic rings. The number of primary amides is 2. The van der Waals surface area contributed by atoms with Crippen LogP contribution in [0.4, 0.5) is 5.00 Å². The van der Waals surface area contributed by atoms with Gasteiger partial charge in [0.25, 0.3) is 0 Å². The molecule has 0 saturated carbocycles. The van der Waals surface area contributed by atoms with E-state index >= 15 is 0 Å². The van der Waals surface area contributed by atoms with E-state index in [1.54, 1.807) is 0 Å². The molecular formula is C7H12N6O2S. The molecule has 88 valence electrons. The van der Waals surface area contributed by atoms with E-state index in [1.165, 1.54) is 4.90 Å². The van der Waals surface area contributed by atoms with Crippen molar-refractivity contribution in [3.05, 3.63) is 5.69 Å². The molecule has 1 rings (SSSR count). The van der Waals surface area contributed by atoms with Gasteiger partial charge < -0.3 is 17.2 Å². The number of nitrogens with zero attached hydrogens (tertiary/aromatic N) is 3. The van der Waals surface area contributed by atoms with Crippen LogP contribution in [0.2, 0.25) is 0 Å². The first-order valence-electron chi connectivity index (χ1n) is 4.34. The normalized spacial score (nSPS) is 10.6. The Morgan fingerprint density at radius 2 is 1.81 bits per heavy atom. The second-order valence-electron chi connectivity index (χ2n) is 3.16. The van der Waals surface area contributed by atoms with Gasteiger partial charge in [0.05, 0.1) is 13.1 Å². The van der Waals surface area contributed by atoms with Gasteiger partial charge in [-0.05, 0) is 0 Å². The maximum atomic E-state index is 10.8. The summed E-state index contributed by atoms with van der Waals surface area (Å²) in [6.07, 6.45) is 0. The fourth-order valence-corrected chi connectivity index (χ4v) is 1.58. The summed E-state index contributed by atoms with van der Waals surface area (Å²) in [5.41, 5.74) is 16.2. The zero-order valence-corrected chi connectivity index (χ0v) is 9.24. The monoisotopic (exact) mass is 244 g/mol. The van der Waals surface area contributed by atoms with Crippen molar-refractivity contribution in [3.63, 3.8) is 0 Å². The maximum absolute atomic E-state index is 10.8. The Balaban J connectivity index is 2.66. The summed E-state index contributed by atoms with van der Waals surface area (Å²) < 4.78 is 3.64. The smallest absolute Gasteiger partial charge is 0.231 e. The summed E-state index contributed by atoms with van der Waals surface area (Å²) in [4.78, 5) is 23.0. The Kier molecular flexibility index (Phi) is 4.14. The average Bonchev–Trinajstić information content (AvgIpc) is 2.49. The number of hydrogen-bond donors (Lipinski definition) is 3. The SMILES string of the molecule is NC(=O)CN(CC(N)=O)Cc1nnsc1N. The van der Waals surface area contributed by atoms with Gasteiger partial charge in [0.2, 0.25) is 11.8 Å². The number of nitrogens with two attached hydrogens (primary N) is 3. The molecule has 0 aliphatic carbocycles. The van der Waals surface area contributed by atoms with Gasteiger partial charge in [-0.15, -0.1) is 5.10 Å². The number of carbonyl (C=O) groups excluding carboxylic acids is 2. The number of carbonyl (C=O) groups is 2. The van der Waals surface area contributed by atoms with Crippen molar-refractivity contribution in [2.24, 2.45) is 11.5 Å². The summed E-state index contributed by atoms with van der Waals surface area (Å²) in [6, 6.07) is 0. The van der Waals surface area contributed by atoms with Crippen molar-refractivity contribution in [1.29, 1.82) is 0 Å². The molecule has 0 aromatic carbocycles. The lowest BCUT2D eigenvalue weighted by atomic mass is 10.3. The summed E-state index contributed by atoms with van der Waals surface area (Å²) in [5, 5.41) is 4.21. The molecule has 0 atom stereocenters. The van der Waals surface area contributed by atoms with Crippen LogP contribution >= 0.6 is 11.5 Å². The summed E-state index contributed by atoms with van der Waals surface area (Å²) in [5.74, 6) is -1.11. The number of aromatic nitrogens is 2. The summed E-state index contributed by atoms with van der Waals surface area (Å²) in [7, 11) is 0. The third kappa shape index (κ3) is 3.79. The van der Waals surface area contributed by atoms with Crippen molar-refractivity contribution in [1.82, 2.24) is 14.5 Å². The fourth-order valence-electron chi connectivity index (χ4n) is 1.15. The van der Waals surface area contributed by atoms with Crippen LogP contribution in [0, 0.1) is 0 Å². The molecule has 1 aromatic heterocycles. The molecule has 9 heteroatoms. The molecule has 0 unspecified atom stereocenters. The van der Waals surface area contributed by atoms with E-state index in [2.05, 4.69) is 9.59 Å². The minimum atomic E-state index is -0.553. The number of amides is 2. The van der Waals surface area contributed by atoms with Gasteiger partial charge in [0.15, 0.2) is 0 Å². The highest BCUT2D eigenvalue weighted by molar-refractivity contribution is 7.09. The van der Waals surface area contributed by atoms with Crippen LogP contribution in [-0.2, 0) is 16.1 Å². The predicted molar refractivity (Wildman–Crippen MR) is 58.0 cm³/mol. The molecule has 16 heavy (non-hydrogen) atoms. The van der Waals surface area contributed by atoms with E-state index in [-0.39, 0.29) is 19.6 Å². The van der Waals surface area contributed by atoms with E-state index in [9.17, 15) is 9.59 Å². The molecule has 0 fully saturated rings. The first-order valence-corrected chi connectivity index (χ1v) is 5.12. The minimum absolute atomic E-state index is 0.0834. The highest BCUT2D eigenvalue weighted by atomic mass is 32.1. The molecule has 0 aliphatic heterocycles. The zero-order chi connectivity index (χ0) is 12.1. The maximum Gasteiger partial charge on any atom is 0.231 e. The van der Waals surface area contributed by atoms with Gasteiger partial charge in [-0.1, -0.05) is 4.49 Å². The second kappa shape index (κ2) is 5.37. The topological polar surface area (TPSA) is 141 Å². The highest BCUT2D eigenvalue weighted by Crippen LogP contribution is 2.14. The van der Waals surface area contributed by atoms with E-state index < -0.39 is 11.8 Å².